The van der Waals surface area contributed by atoms with Crippen LogP contribution in [-0.2, 0) is 0 Å². The van der Waals surface area contributed by atoms with Crippen LogP contribution in [0.25, 0.3) is 0 Å². The predicted octanol–water partition coefficient (Wildman–Crippen LogP) is 1.49. The van der Waals surface area contributed by atoms with Crippen LogP contribution in [-0.4, -0.2) is 29.9 Å². The van der Waals surface area contributed by atoms with Crippen molar-refractivity contribution in [3.8, 4) is 0 Å². The van der Waals surface area contributed by atoms with Crippen molar-refractivity contribution in [3.05, 3.63) is 23.2 Å². The van der Waals surface area contributed by atoms with Crippen LogP contribution in [0.2, 0.25) is 0 Å². The minimum atomic E-state index is 0. The Hall–Kier alpha value is -1.000. The van der Waals surface area contributed by atoms with Gasteiger partial charge in [-0.3, -0.25) is 4.79 Å². The van der Waals surface area contributed by atoms with Crippen LogP contribution in [0.5, 0.6) is 0 Å². The van der Waals surface area contributed by atoms with E-state index in [1.54, 1.807) is 11.0 Å². The summed E-state index contributed by atoms with van der Waals surface area (Å²) in [7, 11) is 0. The summed E-state index contributed by atoms with van der Waals surface area (Å²) in [5.41, 5.74) is 6.44. The molecule has 0 saturated carbocycles. The number of rotatable bonds is 1. The molecule has 2 heterocycles. The molecule has 1 aliphatic heterocycles. The van der Waals surface area contributed by atoms with E-state index in [4.69, 9.17) is 10.2 Å². The molecule has 1 saturated heterocycles. The quantitative estimate of drug-likeness (QED) is 0.814. The highest BCUT2D eigenvalue weighted by Crippen LogP contribution is 2.18. The molecular weight excluding hydrogens is 228 g/mol. The van der Waals surface area contributed by atoms with Gasteiger partial charge in [-0.05, 0) is 26.3 Å². The molecule has 0 unspecified atom stereocenters. The van der Waals surface area contributed by atoms with Gasteiger partial charge in [-0.1, -0.05) is 0 Å². The van der Waals surface area contributed by atoms with Crippen LogP contribution in [0.1, 0.15) is 28.3 Å². The average molecular weight is 245 g/mol. The standard InChI is InChI=1S/C11H16N2O2.ClH/c1-7-5-10(8(2)15-7)11(14)13-4-3-9(12)6-13;/h5,9H,3-4,6,12H2,1-2H3;1H/t9-;/m1./s1. The lowest BCUT2D eigenvalue weighted by atomic mass is 10.2. The molecule has 5 heteroatoms. The number of furan rings is 1. The minimum absolute atomic E-state index is 0. The first-order valence-electron chi connectivity index (χ1n) is 5.20. The van der Waals surface area contributed by atoms with Crippen molar-refractivity contribution in [2.24, 2.45) is 5.73 Å². The molecule has 0 aliphatic carbocycles. The Morgan fingerprint density at radius 1 is 1.56 bits per heavy atom. The van der Waals surface area contributed by atoms with Crippen LogP contribution in [0, 0.1) is 13.8 Å². The van der Waals surface area contributed by atoms with Gasteiger partial charge in [-0.2, -0.15) is 0 Å². The fraction of sp³-hybridized carbons (Fsp3) is 0.545. The summed E-state index contributed by atoms with van der Waals surface area (Å²) < 4.78 is 5.34. The third-order valence-corrected chi connectivity index (χ3v) is 2.78. The van der Waals surface area contributed by atoms with E-state index in [1.807, 2.05) is 13.8 Å². The van der Waals surface area contributed by atoms with Gasteiger partial charge in [0.2, 0.25) is 0 Å². The van der Waals surface area contributed by atoms with E-state index in [0.717, 1.165) is 18.7 Å². The number of amides is 1. The van der Waals surface area contributed by atoms with Crippen molar-refractivity contribution in [2.45, 2.75) is 26.3 Å². The average Bonchev–Trinajstić information content (AvgIpc) is 2.71. The lowest BCUT2D eigenvalue weighted by Crippen LogP contribution is -2.31. The number of carbonyl (C=O) groups excluding carboxylic acids is 1. The molecule has 16 heavy (non-hydrogen) atoms. The smallest absolute Gasteiger partial charge is 0.257 e. The van der Waals surface area contributed by atoms with Crippen molar-refractivity contribution in [1.29, 1.82) is 0 Å². The number of hydrogen-bond donors (Lipinski definition) is 1. The second kappa shape index (κ2) is 4.89. The minimum Gasteiger partial charge on any atom is -0.466 e. The van der Waals surface area contributed by atoms with Gasteiger partial charge >= 0.3 is 0 Å². The maximum Gasteiger partial charge on any atom is 0.257 e. The summed E-state index contributed by atoms with van der Waals surface area (Å²) in [4.78, 5) is 13.8. The molecule has 1 aromatic rings. The first-order chi connectivity index (χ1) is 7.08. The normalized spacial score (nSPS) is 19.7. The Kier molecular flexibility index (Phi) is 3.99. The molecule has 0 aromatic carbocycles. The Labute approximate surface area is 101 Å². The number of aryl methyl sites for hydroxylation is 2. The molecule has 1 amide bonds. The van der Waals surface area contributed by atoms with Crippen LogP contribution in [0.4, 0.5) is 0 Å². The van der Waals surface area contributed by atoms with E-state index in [0.29, 0.717) is 17.9 Å². The van der Waals surface area contributed by atoms with Gasteiger partial charge in [0.05, 0.1) is 5.56 Å². The maximum absolute atomic E-state index is 12.0. The zero-order valence-corrected chi connectivity index (χ0v) is 10.3. The maximum atomic E-state index is 12.0. The SMILES string of the molecule is Cc1cc(C(=O)N2CC[C@@H](N)C2)c(C)o1.Cl. The van der Waals surface area contributed by atoms with Crippen molar-refractivity contribution >= 4 is 18.3 Å². The van der Waals surface area contributed by atoms with E-state index in [1.165, 1.54) is 0 Å². The highest BCUT2D eigenvalue weighted by atomic mass is 35.5. The van der Waals surface area contributed by atoms with Crippen molar-refractivity contribution in [3.63, 3.8) is 0 Å². The van der Waals surface area contributed by atoms with Crippen LogP contribution in [0.15, 0.2) is 10.5 Å². The molecule has 0 spiro atoms. The summed E-state index contributed by atoms with van der Waals surface area (Å²) in [5.74, 6) is 1.51. The summed E-state index contributed by atoms with van der Waals surface area (Å²) in [6, 6.07) is 1.92. The molecule has 0 radical (unpaired) electrons. The monoisotopic (exact) mass is 244 g/mol. The number of nitrogens with two attached hydrogens (primary N) is 1. The van der Waals surface area contributed by atoms with E-state index >= 15 is 0 Å². The third kappa shape index (κ3) is 2.39. The second-order valence-corrected chi connectivity index (χ2v) is 4.13. The summed E-state index contributed by atoms with van der Waals surface area (Å²) in [6.45, 7) is 5.07. The molecule has 0 bridgehead atoms. The van der Waals surface area contributed by atoms with Crippen LogP contribution < -0.4 is 5.73 Å². The number of halogens is 1. The molecule has 1 atom stereocenters. The Morgan fingerprint density at radius 3 is 2.69 bits per heavy atom. The van der Waals surface area contributed by atoms with Crippen molar-refractivity contribution in [1.82, 2.24) is 4.90 Å². The van der Waals surface area contributed by atoms with Gasteiger partial charge in [0.15, 0.2) is 0 Å². The molecule has 2 rings (SSSR count). The molecule has 2 N–H and O–H groups in total. The molecular formula is C11H17ClN2O2. The summed E-state index contributed by atoms with van der Waals surface area (Å²) >= 11 is 0. The molecule has 4 nitrogen and oxygen atoms in total. The Morgan fingerprint density at radius 2 is 2.25 bits per heavy atom. The van der Waals surface area contributed by atoms with E-state index in [-0.39, 0.29) is 24.4 Å². The van der Waals surface area contributed by atoms with Gasteiger partial charge < -0.3 is 15.1 Å². The first-order valence-corrected chi connectivity index (χ1v) is 5.20. The van der Waals surface area contributed by atoms with E-state index in [2.05, 4.69) is 0 Å². The molecule has 1 fully saturated rings. The first kappa shape index (κ1) is 13.1. The lowest BCUT2D eigenvalue weighted by Gasteiger charge is -2.14. The van der Waals surface area contributed by atoms with Gasteiger partial charge in [0.25, 0.3) is 5.91 Å². The van der Waals surface area contributed by atoms with Gasteiger partial charge in [-0.15, -0.1) is 12.4 Å². The molecule has 90 valence electrons. The molecule has 1 aliphatic rings. The largest absolute Gasteiger partial charge is 0.466 e. The van der Waals surface area contributed by atoms with Crippen molar-refractivity contribution < 1.29 is 9.21 Å². The fourth-order valence-corrected chi connectivity index (χ4v) is 1.99. The number of likely N-dealkylation sites (tertiary alicyclic amines) is 1. The second-order valence-electron chi connectivity index (χ2n) is 4.13. The van der Waals surface area contributed by atoms with Gasteiger partial charge in [-0.25, -0.2) is 0 Å². The zero-order valence-electron chi connectivity index (χ0n) is 9.53. The highest BCUT2D eigenvalue weighted by Gasteiger charge is 2.26. The van der Waals surface area contributed by atoms with E-state index in [9.17, 15) is 4.79 Å². The number of carbonyl (C=O) groups is 1. The van der Waals surface area contributed by atoms with E-state index < -0.39 is 0 Å². The topological polar surface area (TPSA) is 59.5 Å². The fourth-order valence-electron chi connectivity index (χ4n) is 1.99. The van der Waals surface area contributed by atoms with Crippen LogP contribution >= 0.6 is 12.4 Å². The third-order valence-electron chi connectivity index (χ3n) is 2.78. The lowest BCUT2D eigenvalue weighted by molar-refractivity contribution is 0.0789. The van der Waals surface area contributed by atoms with Gasteiger partial charge in [0, 0.05) is 19.1 Å². The Bertz CT molecular complexity index is 389. The summed E-state index contributed by atoms with van der Waals surface area (Å²) in [6.07, 6.45) is 0.890. The highest BCUT2D eigenvalue weighted by molar-refractivity contribution is 5.95. The van der Waals surface area contributed by atoms with Gasteiger partial charge in [0.1, 0.15) is 11.5 Å². The summed E-state index contributed by atoms with van der Waals surface area (Å²) in [5, 5.41) is 0. The van der Waals surface area contributed by atoms with Crippen LogP contribution in [0.3, 0.4) is 0 Å². The Balaban J connectivity index is 0.00000128. The van der Waals surface area contributed by atoms with Crippen molar-refractivity contribution in [2.75, 3.05) is 13.1 Å². The number of nitrogens with zero attached hydrogens (tertiary/aromatic N) is 1. The number of hydrogen-bond acceptors (Lipinski definition) is 3. The predicted molar refractivity (Wildman–Crippen MR) is 63.9 cm³/mol. The zero-order chi connectivity index (χ0) is 11.0. The molecule has 1 aromatic heterocycles.